The fraction of sp³-hybridized carbons (Fsp3) is 0.750. The minimum absolute atomic E-state index is 0.0346. The molecule has 5 aliphatic rings. The molecule has 0 aliphatic heterocycles. The predicted octanol–water partition coefficient (Wildman–Crippen LogP) is 5.81. The molecule has 136 valence electrons. The third-order valence-electron chi connectivity index (χ3n) is 9.54. The molecule has 0 bridgehead atoms. The van der Waals surface area contributed by atoms with Gasteiger partial charge in [0.15, 0.2) is 0 Å². The second kappa shape index (κ2) is 5.59. The summed E-state index contributed by atoms with van der Waals surface area (Å²) in [6.07, 6.45) is 20.8. The van der Waals surface area contributed by atoms with E-state index in [0.29, 0.717) is 5.41 Å². The molecule has 1 nitrogen and oxygen atoms in total. The van der Waals surface area contributed by atoms with Crippen LogP contribution in [0.2, 0.25) is 0 Å². The normalized spacial score (nSPS) is 51.4. The average Bonchev–Trinajstić information content (AvgIpc) is 3.23. The summed E-state index contributed by atoms with van der Waals surface area (Å²) in [5, 5.41) is 10.6. The van der Waals surface area contributed by atoms with Gasteiger partial charge in [0.05, 0.1) is 6.10 Å². The summed E-state index contributed by atoms with van der Waals surface area (Å²) >= 11 is 0. The molecule has 25 heavy (non-hydrogen) atoms. The van der Waals surface area contributed by atoms with Crippen molar-refractivity contribution in [3.05, 3.63) is 35.5 Å². The van der Waals surface area contributed by atoms with Crippen molar-refractivity contribution in [2.45, 2.75) is 77.7 Å². The molecule has 5 aliphatic carbocycles. The van der Waals surface area contributed by atoms with Crippen LogP contribution in [0, 0.1) is 34.5 Å². The summed E-state index contributed by atoms with van der Waals surface area (Å²) < 4.78 is 0. The highest BCUT2D eigenvalue weighted by Crippen LogP contribution is 2.66. The summed E-state index contributed by atoms with van der Waals surface area (Å²) in [6, 6.07) is 0. The van der Waals surface area contributed by atoms with Crippen LogP contribution in [0.4, 0.5) is 0 Å². The zero-order valence-corrected chi connectivity index (χ0v) is 16.0. The Morgan fingerprint density at radius 2 is 1.64 bits per heavy atom. The number of hydrogen-bond donors (Lipinski definition) is 1. The van der Waals surface area contributed by atoms with Crippen LogP contribution >= 0.6 is 0 Å². The number of hydrogen-bond acceptors (Lipinski definition) is 1. The van der Waals surface area contributed by atoms with Crippen LogP contribution < -0.4 is 0 Å². The molecule has 0 saturated heterocycles. The standard InChI is InChI=1S/C24H34O/c1-23-13-11-17(16-5-3-4-6-16)15-18(23)7-8-19-20-9-10-22(25)24(20,2)14-12-21(19)23/h3-6,18-22,25H,7-15H2,1-2H3/t18-,19-,20-,21-,22+,23-,24-/m0/s1. The van der Waals surface area contributed by atoms with Gasteiger partial charge in [-0.2, -0.15) is 0 Å². The molecule has 0 spiro atoms. The largest absolute Gasteiger partial charge is 0.393 e. The number of aliphatic hydroxyl groups is 1. The molecule has 0 radical (unpaired) electrons. The van der Waals surface area contributed by atoms with E-state index in [1.54, 1.807) is 5.57 Å². The lowest BCUT2D eigenvalue weighted by atomic mass is 9.45. The van der Waals surface area contributed by atoms with E-state index >= 15 is 0 Å². The highest BCUT2D eigenvalue weighted by Gasteiger charge is 2.59. The van der Waals surface area contributed by atoms with Gasteiger partial charge in [-0.25, -0.2) is 0 Å². The van der Waals surface area contributed by atoms with Crippen LogP contribution in [-0.4, -0.2) is 11.2 Å². The Balaban J connectivity index is 1.42. The number of allylic oxidation sites excluding steroid dienone is 6. The first-order chi connectivity index (χ1) is 12.0. The summed E-state index contributed by atoms with van der Waals surface area (Å²) in [4.78, 5) is 0. The van der Waals surface area contributed by atoms with Crippen molar-refractivity contribution in [1.29, 1.82) is 0 Å². The summed E-state index contributed by atoms with van der Waals surface area (Å²) in [7, 11) is 0. The van der Waals surface area contributed by atoms with E-state index in [4.69, 9.17) is 0 Å². The van der Waals surface area contributed by atoms with Crippen LogP contribution in [0.25, 0.3) is 0 Å². The number of rotatable bonds is 0. The van der Waals surface area contributed by atoms with Gasteiger partial charge in [-0.05, 0) is 97.9 Å². The molecule has 1 heteroatoms. The molecule has 0 aromatic carbocycles. The van der Waals surface area contributed by atoms with E-state index in [-0.39, 0.29) is 11.5 Å². The molecule has 7 atom stereocenters. The Morgan fingerprint density at radius 3 is 2.44 bits per heavy atom. The fourth-order valence-corrected chi connectivity index (χ4v) is 7.92. The average molecular weight is 339 g/mol. The molecule has 0 heterocycles. The lowest BCUT2D eigenvalue weighted by molar-refractivity contribution is -0.115. The summed E-state index contributed by atoms with van der Waals surface area (Å²) in [5.74, 6) is 3.48. The molecule has 4 saturated carbocycles. The lowest BCUT2D eigenvalue weighted by Crippen LogP contribution is -2.53. The van der Waals surface area contributed by atoms with Gasteiger partial charge in [-0.1, -0.05) is 43.7 Å². The van der Waals surface area contributed by atoms with Gasteiger partial charge >= 0.3 is 0 Å². The maximum absolute atomic E-state index is 10.6. The minimum atomic E-state index is -0.0346. The molecule has 0 aromatic heterocycles. The Morgan fingerprint density at radius 1 is 0.880 bits per heavy atom. The van der Waals surface area contributed by atoms with Gasteiger partial charge in [0.25, 0.3) is 0 Å². The maximum Gasteiger partial charge on any atom is 0.0596 e. The Hall–Kier alpha value is -0.820. The molecule has 5 rings (SSSR count). The quantitative estimate of drug-likeness (QED) is 0.590. The van der Waals surface area contributed by atoms with Crippen LogP contribution in [0.3, 0.4) is 0 Å². The van der Waals surface area contributed by atoms with Gasteiger partial charge in [0, 0.05) is 0 Å². The molecule has 1 N–H and O–H groups in total. The molecular formula is C24H34O. The number of aliphatic hydroxyl groups excluding tert-OH is 1. The van der Waals surface area contributed by atoms with E-state index in [2.05, 4.69) is 38.2 Å². The smallest absolute Gasteiger partial charge is 0.0596 e. The first-order valence-corrected chi connectivity index (χ1v) is 10.8. The zero-order chi connectivity index (χ0) is 17.2. The maximum atomic E-state index is 10.6. The Bertz CT molecular complexity index is 641. The van der Waals surface area contributed by atoms with E-state index in [0.717, 1.165) is 30.1 Å². The number of fused-ring (bicyclic) bond motifs is 5. The van der Waals surface area contributed by atoms with Crippen molar-refractivity contribution in [2.24, 2.45) is 34.5 Å². The first kappa shape index (κ1) is 16.4. The highest BCUT2D eigenvalue weighted by atomic mass is 16.3. The monoisotopic (exact) mass is 338 g/mol. The third kappa shape index (κ3) is 2.24. The van der Waals surface area contributed by atoms with Crippen LogP contribution in [0.15, 0.2) is 35.5 Å². The third-order valence-corrected chi connectivity index (χ3v) is 9.54. The van der Waals surface area contributed by atoms with Gasteiger partial charge in [0.1, 0.15) is 0 Å². The fourth-order valence-electron chi connectivity index (χ4n) is 7.92. The van der Waals surface area contributed by atoms with Crippen molar-refractivity contribution < 1.29 is 5.11 Å². The van der Waals surface area contributed by atoms with Crippen molar-refractivity contribution in [2.75, 3.05) is 0 Å². The lowest BCUT2D eigenvalue weighted by Gasteiger charge is -2.60. The van der Waals surface area contributed by atoms with Crippen molar-refractivity contribution in [3.63, 3.8) is 0 Å². The molecular weight excluding hydrogens is 304 g/mol. The van der Waals surface area contributed by atoms with E-state index in [9.17, 15) is 5.11 Å². The van der Waals surface area contributed by atoms with Gasteiger partial charge in [0.2, 0.25) is 0 Å². The zero-order valence-electron chi connectivity index (χ0n) is 16.0. The van der Waals surface area contributed by atoms with Crippen molar-refractivity contribution in [1.82, 2.24) is 0 Å². The second-order valence-corrected chi connectivity index (χ2v) is 10.3. The first-order valence-electron chi connectivity index (χ1n) is 10.8. The van der Waals surface area contributed by atoms with Crippen molar-refractivity contribution >= 4 is 0 Å². The topological polar surface area (TPSA) is 20.2 Å². The van der Waals surface area contributed by atoms with Gasteiger partial charge in [-0.15, -0.1) is 0 Å². The van der Waals surface area contributed by atoms with Crippen molar-refractivity contribution in [3.8, 4) is 0 Å². The second-order valence-electron chi connectivity index (χ2n) is 10.3. The molecule has 0 amide bonds. The SMILES string of the molecule is C[C@]12CCC(=C3C=CC=C3)C[C@@H]1CC[C@@H]1[C@@H]2CC[C@]2(C)[C@H](O)CC[C@@H]12. The molecule has 0 aromatic rings. The summed E-state index contributed by atoms with van der Waals surface area (Å²) in [6.45, 7) is 5.05. The van der Waals surface area contributed by atoms with Crippen LogP contribution in [0.1, 0.15) is 71.6 Å². The van der Waals surface area contributed by atoms with E-state index < -0.39 is 0 Å². The highest BCUT2D eigenvalue weighted by molar-refractivity contribution is 5.44. The van der Waals surface area contributed by atoms with Crippen LogP contribution in [-0.2, 0) is 0 Å². The minimum Gasteiger partial charge on any atom is -0.393 e. The summed E-state index contributed by atoms with van der Waals surface area (Å²) in [5.41, 5.74) is 4.02. The Labute approximate surface area is 153 Å². The molecule has 0 unspecified atom stereocenters. The van der Waals surface area contributed by atoms with Gasteiger partial charge in [-0.3, -0.25) is 0 Å². The predicted molar refractivity (Wildman–Crippen MR) is 103 cm³/mol. The Kier molecular flexibility index (Phi) is 3.66. The van der Waals surface area contributed by atoms with Gasteiger partial charge < -0.3 is 5.11 Å². The van der Waals surface area contributed by atoms with E-state index in [1.807, 2.05) is 0 Å². The van der Waals surface area contributed by atoms with Crippen LogP contribution in [0.5, 0.6) is 0 Å². The molecule has 4 fully saturated rings. The van der Waals surface area contributed by atoms with E-state index in [1.165, 1.54) is 56.9 Å².